The molecule has 3 aromatic rings. The second-order valence-electron chi connectivity index (χ2n) is 6.95. The molecule has 0 bridgehead atoms. The third kappa shape index (κ3) is 3.62. The van der Waals surface area contributed by atoms with Crippen molar-refractivity contribution in [2.24, 2.45) is 4.99 Å². The molecule has 0 spiro atoms. The maximum atomic E-state index is 11.6. The van der Waals surface area contributed by atoms with Gasteiger partial charge in [0, 0.05) is 18.2 Å². The van der Waals surface area contributed by atoms with Crippen molar-refractivity contribution < 1.29 is 14.8 Å². The number of nitrogens with one attached hydrogen (secondary N) is 1. The number of para-hydroxylation sites is 3. The van der Waals surface area contributed by atoms with Crippen molar-refractivity contribution in [3.63, 3.8) is 0 Å². The Balaban J connectivity index is 1.91. The summed E-state index contributed by atoms with van der Waals surface area (Å²) >= 11 is 0. The van der Waals surface area contributed by atoms with E-state index in [2.05, 4.69) is 10.3 Å². The number of nitrogens with zero attached hydrogens (tertiary/aromatic N) is 4. The number of benzene rings is 3. The number of nitro groups is 3. The molecule has 0 aliphatic carbocycles. The Morgan fingerprint density at radius 2 is 1.12 bits per heavy atom. The third-order valence-corrected chi connectivity index (χ3v) is 5.15. The van der Waals surface area contributed by atoms with E-state index >= 15 is 0 Å². The first kappa shape index (κ1) is 20.6. The number of hydrogen-bond donors (Lipinski definition) is 1. The summed E-state index contributed by atoms with van der Waals surface area (Å²) in [6.07, 6.45) is 0. The number of rotatable bonds is 6. The van der Waals surface area contributed by atoms with E-state index in [9.17, 15) is 30.3 Å². The number of amidine groups is 1. The normalized spacial score (nSPS) is 17.3. The predicted octanol–water partition coefficient (Wildman–Crippen LogP) is 4.24. The topological polar surface area (TPSA) is 154 Å². The van der Waals surface area contributed by atoms with E-state index in [1.165, 1.54) is 54.6 Å². The molecule has 11 nitrogen and oxygen atoms in total. The summed E-state index contributed by atoms with van der Waals surface area (Å²) < 4.78 is 0. The fraction of sp³-hybridized carbons (Fsp3) is 0.0952. The SMILES string of the molecule is O=[N+]([O-])c1ccccc1C1=NC(c2ccccc2[N+](=O)[O-])C(c2ccccc2[N+](=O)[O-])N1. The minimum atomic E-state index is -0.924. The lowest BCUT2D eigenvalue weighted by atomic mass is 9.92. The highest BCUT2D eigenvalue weighted by molar-refractivity contribution is 6.03. The molecule has 2 unspecified atom stereocenters. The lowest BCUT2D eigenvalue weighted by Crippen LogP contribution is -2.26. The van der Waals surface area contributed by atoms with Gasteiger partial charge in [-0.1, -0.05) is 36.4 Å². The van der Waals surface area contributed by atoms with E-state index in [4.69, 9.17) is 0 Å². The van der Waals surface area contributed by atoms with Gasteiger partial charge in [0.15, 0.2) is 0 Å². The monoisotopic (exact) mass is 433 g/mol. The maximum absolute atomic E-state index is 11.6. The molecule has 1 N–H and O–H groups in total. The fourth-order valence-corrected chi connectivity index (χ4v) is 3.78. The van der Waals surface area contributed by atoms with E-state index in [1.807, 2.05) is 0 Å². The van der Waals surface area contributed by atoms with Crippen LogP contribution in [0.15, 0.2) is 77.8 Å². The predicted molar refractivity (Wildman–Crippen MR) is 114 cm³/mol. The first-order valence-electron chi connectivity index (χ1n) is 9.43. The van der Waals surface area contributed by atoms with Crippen LogP contribution < -0.4 is 5.32 Å². The zero-order valence-corrected chi connectivity index (χ0v) is 16.3. The lowest BCUT2D eigenvalue weighted by molar-refractivity contribution is -0.386. The standard InChI is InChI=1S/C21H15N5O6/c27-24(28)16-10-4-1-7-13(16)19-20(14-8-2-5-11-17(14)25(29)30)23-21(22-19)15-9-3-6-12-18(15)26(31)32/h1-12,19-20H,(H,22,23). The van der Waals surface area contributed by atoms with Crippen molar-refractivity contribution in [2.45, 2.75) is 12.1 Å². The summed E-state index contributed by atoms with van der Waals surface area (Å²) in [6.45, 7) is 0. The average Bonchev–Trinajstić information content (AvgIpc) is 3.24. The molecule has 4 rings (SSSR count). The minimum Gasteiger partial charge on any atom is -0.360 e. The molecule has 0 saturated heterocycles. The van der Waals surface area contributed by atoms with Crippen LogP contribution >= 0.6 is 0 Å². The molecule has 1 heterocycles. The van der Waals surface area contributed by atoms with Gasteiger partial charge in [0.1, 0.15) is 11.9 Å². The molecule has 0 amide bonds. The molecule has 2 atom stereocenters. The van der Waals surface area contributed by atoms with Gasteiger partial charge in [0.2, 0.25) is 0 Å². The van der Waals surface area contributed by atoms with Crippen molar-refractivity contribution in [1.82, 2.24) is 5.32 Å². The van der Waals surface area contributed by atoms with Gasteiger partial charge in [-0.25, -0.2) is 0 Å². The summed E-state index contributed by atoms with van der Waals surface area (Å²) in [7, 11) is 0. The quantitative estimate of drug-likeness (QED) is 0.450. The minimum absolute atomic E-state index is 0.128. The molecule has 3 aromatic carbocycles. The molecule has 1 aliphatic rings. The molecule has 0 aromatic heterocycles. The van der Waals surface area contributed by atoms with Crippen molar-refractivity contribution >= 4 is 22.9 Å². The van der Waals surface area contributed by atoms with Gasteiger partial charge in [0.05, 0.1) is 37.5 Å². The molecule has 11 heteroatoms. The van der Waals surface area contributed by atoms with Gasteiger partial charge in [0.25, 0.3) is 17.1 Å². The largest absolute Gasteiger partial charge is 0.360 e. The van der Waals surface area contributed by atoms with Gasteiger partial charge in [-0.3, -0.25) is 35.3 Å². The van der Waals surface area contributed by atoms with Crippen LogP contribution in [0, 0.1) is 30.3 Å². The van der Waals surface area contributed by atoms with Crippen LogP contribution in [0.3, 0.4) is 0 Å². The van der Waals surface area contributed by atoms with Gasteiger partial charge in [-0.2, -0.15) is 0 Å². The highest BCUT2D eigenvalue weighted by Crippen LogP contribution is 2.43. The van der Waals surface area contributed by atoms with Crippen molar-refractivity contribution in [1.29, 1.82) is 0 Å². The van der Waals surface area contributed by atoms with E-state index in [1.54, 1.807) is 18.2 Å². The summed E-state index contributed by atoms with van der Waals surface area (Å²) in [5.74, 6) is 0.128. The molecule has 0 saturated carbocycles. The summed E-state index contributed by atoms with van der Waals surface area (Å²) in [5, 5.41) is 37.8. The van der Waals surface area contributed by atoms with Crippen LogP contribution in [0.4, 0.5) is 17.1 Å². The summed E-state index contributed by atoms with van der Waals surface area (Å²) in [6, 6.07) is 16.1. The Labute approximate surface area is 180 Å². The van der Waals surface area contributed by atoms with Crippen molar-refractivity contribution in [2.75, 3.05) is 0 Å². The van der Waals surface area contributed by atoms with Crippen LogP contribution in [-0.4, -0.2) is 20.6 Å². The zero-order valence-electron chi connectivity index (χ0n) is 16.3. The fourth-order valence-electron chi connectivity index (χ4n) is 3.78. The summed E-state index contributed by atoms with van der Waals surface area (Å²) in [5.41, 5.74) is 0.0909. The van der Waals surface area contributed by atoms with Crippen LogP contribution in [0.25, 0.3) is 0 Å². The van der Waals surface area contributed by atoms with Crippen LogP contribution in [0.2, 0.25) is 0 Å². The molecule has 1 aliphatic heterocycles. The molecule has 32 heavy (non-hydrogen) atoms. The number of nitro benzene ring substituents is 3. The van der Waals surface area contributed by atoms with E-state index in [-0.39, 0.29) is 39.6 Å². The van der Waals surface area contributed by atoms with Gasteiger partial charge in [-0.15, -0.1) is 0 Å². The molecule has 160 valence electrons. The van der Waals surface area contributed by atoms with E-state index in [0.29, 0.717) is 0 Å². The first-order valence-corrected chi connectivity index (χ1v) is 9.43. The Morgan fingerprint density at radius 3 is 1.72 bits per heavy atom. The van der Waals surface area contributed by atoms with Crippen LogP contribution in [-0.2, 0) is 0 Å². The Bertz CT molecular complexity index is 1270. The zero-order chi connectivity index (χ0) is 22.8. The Kier molecular flexibility index (Phi) is 5.29. The Morgan fingerprint density at radius 1 is 0.656 bits per heavy atom. The molecular weight excluding hydrogens is 418 g/mol. The molecular formula is C21H15N5O6. The smallest absolute Gasteiger partial charge is 0.280 e. The third-order valence-electron chi connectivity index (χ3n) is 5.15. The highest BCUT2D eigenvalue weighted by Gasteiger charge is 2.39. The van der Waals surface area contributed by atoms with Crippen molar-refractivity contribution in [3.8, 4) is 0 Å². The first-order chi connectivity index (χ1) is 15.4. The lowest BCUT2D eigenvalue weighted by Gasteiger charge is -2.19. The van der Waals surface area contributed by atoms with Gasteiger partial charge < -0.3 is 5.32 Å². The van der Waals surface area contributed by atoms with Gasteiger partial charge in [-0.05, 0) is 18.2 Å². The van der Waals surface area contributed by atoms with Crippen molar-refractivity contribution in [3.05, 3.63) is 120 Å². The second kappa shape index (κ2) is 8.22. The summed E-state index contributed by atoms with van der Waals surface area (Å²) in [4.78, 5) is 37.7. The number of hydrogen-bond acceptors (Lipinski definition) is 8. The van der Waals surface area contributed by atoms with Gasteiger partial charge >= 0.3 is 0 Å². The Hall–Kier alpha value is -4.67. The average molecular weight is 433 g/mol. The van der Waals surface area contributed by atoms with Crippen LogP contribution in [0.1, 0.15) is 28.8 Å². The van der Waals surface area contributed by atoms with E-state index < -0.39 is 26.9 Å². The maximum Gasteiger partial charge on any atom is 0.280 e. The van der Waals surface area contributed by atoms with E-state index in [0.717, 1.165) is 0 Å². The van der Waals surface area contributed by atoms with Crippen LogP contribution in [0.5, 0.6) is 0 Å². The second-order valence-corrected chi connectivity index (χ2v) is 6.95. The molecule has 0 fully saturated rings. The highest BCUT2D eigenvalue weighted by atomic mass is 16.6. The number of aliphatic imine (C=N–C) groups is 1. The molecule has 0 radical (unpaired) electrons.